The summed E-state index contributed by atoms with van der Waals surface area (Å²) in [5, 5.41) is 0. The van der Waals surface area contributed by atoms with E-state index in [-0.39, 0.29) is 0 Å². The van der Waals surface area contributed by atoms with Gasteiger partial charge in [0, 0.05) is 50.0 Å². The summed E-state index contributed by atoms with van der Waals surface area (Å²) >= 11 is 0. The molecule has 1 aromatic rings. The van der Waals surface area contributed by atoms with Crippen LogP contribution in [0, 0.1) is 5.41 Å². The summed E-state index contributed by atoms with van der Waals surface area (Å²) < 4.78 is 11.0. The van der Waals surface area contributed by atoms with Gasteiger partial charge in [-0.25, -0.2) is 0 Å². The molecular weight excluding hydrogens is 240 g/mol. The summed E-state index contributed by atoms with van der Waals surface area (Å²) in [5.41, 5.74) is 7.22. The lowest BCUT2D eigenvalue weighted by Gasteiger charge is -2.53. The Labute approximate surface area is 114 Å². The topological polar surface area (TPSA) is 47.7 Å². The van der Waals surface area contributed by atoms with Crippen molar-refractivity contribution in [1.82, 2.24) is 0 Å². The Morgan fingerprint density at radius 1 is 1.26 bits per heavy atom. The fraction of sp³-hybridized carbons (Fsp3) is 0.600. The number of benzene rings is 1. The summed E-state index contributed by atoms with van der Waals surface area (Å²) in [6.45, 7) is 5.27. The molecule has 2 heterocycles. The number of nitrogens with zero attached hydrogens (tertiary/aromatic N) is 1. The maximum atomic E-state index is 5.58. The molecular formula is C15H22N2O2. The van der Waals surface area contributed by atoms with E-state index < -0.39 is 0 Å². The van der Waals surface area contributed by atoms with Crippen LogP contribution in [0.2, 0.25) is 0 Å². The third-order valence-corrected chi connectivity index (χ3v) is 4.18. The maximum Gasteiger partial charge on any atom is 0.121 e. The minimum absolute atomic E-state index is 0.506. The number of anilines is 1. The summed E-state index contributed by atoms with van der Waals surface area (Å²) in [7, 11) is 0. The van der Waals surface area contributed by atoms with Crippen molar-refractivity contribution < 1.29 is 9.47 Å². The summed E-state index contributed by atoms with van der Waals surface area (Å²) in [5.74, 6) is 0.913. The van der Waals surface area contributed by atoms with Crippen LogP contribution in [0.4, 0.5) is 5.69 Å². The Morgan fingerprint density at radius 3 is 2.79 bits per heavy atom. The lowest BCUT2D eigenvalue weighted by molar-refractivity contribution is -0.000205. The quantitative estimate of drug-likeness (QED) is 0.896. The standard InChI is InChI=1S/C15H22N2O2/c16-6-9-19-14-3-1-2-13(10-14)17-11-15(12-17)4-7-18-8-5-15/h1-3,10H,4-9,11-12,16H2. The van der Waals surface area contributed by atoms with Crippen molar-refractivity contribution in [3.05, 3.63) is 24.3 Å². The molecule has 4 heteroatoms. The SMILES string of the molecule is NCCOc1cccc(N2CC3(CCOCC3)C2)c1. The van der Waals surface area contributed by atoms with Crippen molar-refractivity contribution in [1.29, 1.82) is 0 Å². The molecule has 2 aliphatic rings. The first-order valence-electron chi connectivity index (χ1n) is 7.07. The molecule has 19 heavy (non-hydrogen) atoms. The molecule has 0 aliphatic carbocycles. The lowest BCUT2D eigenvalue weighted by atomic mass is 9.73. The Hall–Kier alpha value is -1.26. The Bertz CT molecular complexity index is 422. The first-order chi connectivity index (χ1) is 9.31. The van der Waals surface area contributed by atoms with E-state index in [4.69, 9.17) is 15.2 Å². The molecule has 2 saturated heterocycles. The zero-order valence-electron chi connectivity index (χ0n) is 11.3. The number of rotatable bonds is 4. The van der Waals surface area contributed by atoms with E-state index in [2.05, 4.69) is 23.1 Å². The molecule has 4 nitrogen and oxygen atoms in total. The molecule has 2 aliphatic heterocycles. The number of hydrogen-bond donors (Lipinski definition) is 1. The van der Waals surface area contributed by atoms with Crippen LogP contribution < -0.4 is 15.4 Å². The van der Waals surface area contributed by atoms with Gasteiger partial charge in [0.2, 0.25) is 0 Å². The van der Waals surface area contributed by atoms with Gasteiger partial charge in [-0.1, -0.05) is 6.07 Å². The zero-order valence-corrected chi connectivity index (χ0v) is 11.3. The maximum absolute atomic E-state index is 5.58. The molecule has 0 saturated carbocycles. The van der Waals surface area contributed by atoms with E-state index in [1.54, 1.807) is 0 Å². The predicted octanol–water partition coefficient (Wildman–Crippen LogP) is 1.64. The molecule has 1 spiro atoms. The van der Waals surface area contributed by atoms with Crippen LogP contribution in [0.3, 0.4) is 0 Å². The fourth-order valence-electron chi connectivity index (χ4n) is 3.01. The van der Waals surface area contributed by atoms with Gasteiger partial charge >= 0.3 is 0 Å². The Balaban J connectivity index is 1.61. The number of ether oxygens (including phenoxy) is 2. The molecule has 0 aromatic heterocycles. The van der Waals surface area contributed by atoms with Gasteiger partial charge in [0.15, 0.2) is 0 Å². The molecule has 104 valence electrons. The van der Waals surface area contributed by atoms with Crippen molar-refractivity contribution in [2.75, 3.05) is 44.4 Å². The van der Waals surface area contributed by atoms with Crippen molar-refractivity contribution in [2.24, 2.45) is 11.1 Å². The predicted molar refractivity (Wildman–Crippen MR) is 75.7 cm³/mol. The first-order valence-corrected chi connectivity index (χ1v) is 7.07. The van der Waals surface area contributed by atoms with Crippen LogP contribution in [0.25, 0.3) is 0 Å². The largest absolute Gasteiger partial charge is 0.492 e. The third kappa shape index (κ3) is 2.69. The second-order valence-electron chi connectivity index (χ2n) is 5.60. The van der Waals surface area contributed by atoms with Gasteiger partial charge in [0.05, 0.1) is 0 Å². The van der Waals surface area contributed by atoms with Crippen molar-refractivity contribution in [2.45, 2.75) is 12.8 Å². The van der Waals surface area contributed by atoms with Crippen LogP contribution in [-0.2, 0) is 4.74 Å². The zero-order chi connectivity index (χ0) is 13.1. The molecule has 1 aromatic carbocycles. The Morgan fingerprint density at radius 2 is 2.05 bits per heavy atom. The van der Waals surface area contributed by atoms with Gasteiger partial charge in [-0.15, -0.1) is 0 Å². The van der Waals surface area contributed by atoms with Gasteiger partial charge in [-0.05, 0) is 25.0 Å². The summed E-state index contributed by atoms with van der Waals surface area (Å²) in [6, 6.07) is 8.31. The number of nitrogens with two attached hydrogens (primary N) is 1. The highest BCUT2D eigenvalue weighted by molar-refractivity contribution is 5.53. The van der Waals surface area contributed by atoms with Crippen LogP contribution >= 0.6 is 0 Å². The van der Waals surface area contributed by atoms with Gasteiger partial charge in [-0.3, -0.25) is 0 Å². The molecule has 2 N–H and O–H groups in total. The van der Waals surface area contributed by atoms with Crippen LogP contribution in [0.5, 0.6) is 5.75 Å². The van der Waals surface area contributed by atoms with Crippen LogP contribution in [0.15, 0.2) is 24.3 Å². The molecule has 0 radical (unpaired) electrons. The first kappa shape index (κ1) is 12.8. The normalized spacial score (nSPS) is 21.2. The van der Waals surface area contributed by atoms with E-state index in [0.717, 1.165) is 32.1 Å². The van der Waals surface area contributed by atoms with E-state index in [9.17, 15) is 0 Å². The smallest absolute Gasteiger partial charge is 0.121 e. The second-order valence-corrected chi connectivity index (χ2v) is 5.60. The summed E-state index contributed by atoms with van der Waals surface area (Å²) in [4.78, 5) is 2.43. The molecule has 0 bridgehead atoms. The minimum atomic E-state index is 0.506. The average Bonchev–Trinajstić information content (AvgIpc) is 2.43. The summed E-state index contributed by atoms with van der Waals surface area (Å²) in [6.07, 6.45) is 2.40. The highest BCUT2D eigenvalue weighted by atomic mass is 16.5. The van der Waals surface area contributed by atoms with Gasteiger partial charge in [-0.2, -0.15) is 0 Å². The lowest BCUT2D eigenvalue weighted by Crippen LogP contribution is -2.58. The number of hydrogen-bond acceptors (Lipinski definition) is 4. The van der Waals surface area contributed by atoms with E-state index in [1.807, 2.05) is 6.07 Å². The van der Waals surface area contributed by atoms with E-state index >= 15 is 0 Å². The highest BCUT2D eigenvalue weighted by Crippen LogP contribution is 2.42. The van der Waals surface area contributed by atoms with Gasteiger partial charge in [0.25, 0.3) is 0 Å². The van der Waals surface area contributed by atoms with Crippen molar-refractivity contribution >= 4 is 5.69 Å². The second kappa shape index (κ2) is 5.39. The monoisotopic (exact) mass is 262 g/mol. The van der Waals surface area contributed by atoms with Crippen LogP contribution in [0.1, 0.15) is 12.8 Å². The fourth-order valence-corrected chi connectivity index (χ4v) is 3.01. The molecule has 3 rings (SSSR count). The molecule has 0 amide bonds. The van der Waals surface area contributed by atoms with Gasteiger partial charge < -0.3 is 20.1 Å². The third-order valence-electron chi connectivity index (χ3n) is 4.18. The van der Waals surface area contributed by atoms with Crippen molar-refractivity contribution in [3.8, 4) is 5.75 Å². The average molecular weight is 262 g/mol. The molecule has 0 unspecified atom stereocenters. The molecule has 0 atom stereocenters. The van der Waals surface area contributed by atoms with E-state index in [1.165, 1.54) is 18.5 Å². The molecule has 2 fully saturated rings. The van der Waals surface area contributed by atoms with Crippen molar-refractivity contribution in [3.63, 3.8) is 0 Å². The van der Waals surface area contributed by atoms with Gasteiger partial charge in [0.1, 0.15) is 12.4 Å². The minimum Gasteiger partial charge on any atom is -0.492 e. The Kier molecular flexibility index (Phi) is 3.62. The highest BCUT2D eigenvalue weighted by Gasteiger charge is 2.43. The van der Waals surface area contributed by atoms with Crippen LogP contribution in [-0.4, -0.2) is 39.5 Å². The van der Waals surface area contributed by atoms with E-state index in [0.29, 0.717) is 18.6 Å².